The molecule has 0 saturated heterocycles. The van der Waals surface area contributed by atoms with Crippen molar-refractivity contribution in [3.05, 3.63) is 27.7 Å². The van der Waals surface area contributed by atoms with E-state index >= 15 is 0 Å². The molecule has 0 saturated carbocycles. The minimum atomic E-state index is -0.303. The second kappa shape index (κ2) is 3.31. The van der Waals surface area contributed by atoms with Gasteiger partial charge in [0.05, 0.1) is 6.10 Å². The lowest BCUT2D eigenvalue weighted by molar-refractivity contribution is 0.168. The van der Waals surface area contributed by atoms with E-state index in [9.17, 15) is 5.11 Å². The van der Waals surface area contributed by atoms with E-state index in [4.69, 9.17) is 0 Å². The molecular formula is C10H12BrNO. The topological polar surface area (TPSA) is 32.3 Å². The summed E-state index contributed by atoms with van der Waals surface area (Å²) in [7, 11) is 0. The number of anilines is 1. The third-order valence-corrected chi connectivity index (χ3v) is 3.37. The highest BCUT2D eigenvalue weighted by atomic mass is 79.9. The molecule has 2 N–H and O–H groups in total. The molecule has 1 heterocycles. The van der Waals surface area contributed by atoms with Gasteiger partial charge < -0.3 is 10.4 Å². The highest BCUT2D eigenvalue weighted by molar-refractivity contribution is 9.10. The highest BCUT2D eigenvalue weighted by Crippen LogP contribution is 2.35. The van der Waals surface area contributed by atoms with Gasteiger partial charge in [-0.1, -0.05) is 22.0 Å². The zero-order valence-electron chi connectivity index (χ0n) is 7.47. The van der Waals surface area contributed by atoms with E-state index < -0.39 is 0 Å². The quantitative estimate of drug-likeness (QED) is 0.732. The van der Waals surface area contributed by atoms with Crippen LogP contribution in [0.4, 0.5) is 5.69 Å². The molecule has 2 nitrogen and oxygen atoms in total. The lowest BCUT2D eigenvalue weighted by Gasteiger charge is -2.25. The number of hydrogen-bond donors (Lipinski definition) is 2. The zero-order valence-corrected chi connectivity index (χ0v) is 9.06. The lowest BCUT2D eigenvalue weighted by Crippen LogP contribution is -2.17. The van der Waals surface area contributed by atoms with E-state index in [2.05, 4.69) is 21.2 Å². The Balaban J connectivity index is 2.56. The SMILES string of the molecule is Cc1c(Br)ccc2c1NCCC2O. The average molecular weight is 242 g/mol. The van der Waals surface area contributed by atoms with Gasteiger partial charge in [-0.25, -0.2) is 0 Å². The summed E-state index contributed by atoms with van der Waals surface area (Å²) in [5.41, 5.74) is 3.29. The van der Waals surface area contributed by atoms with Gasteiger partial charge >= 0.3 is 0 Å². The number of fused-ring (bicyclic) bond motifs is 1. The number of benzene rings is 1. The Morgan fingerprint density at radius 1 is 1.54 bits per heavy atom. The lowest BCUT2D eigenvalue weighted by atomic mass is 9.98. The van der Waals surface area contributed by atoms with Gasteiger partial charge in [-0.05, 0) is 25.0 Å². The molecular weight excluding hydrogens is 230 g/mol. The minimum Gasteiger partial charge on any atom is -0.388 e. The normalized spacial score (nSPS) is 20.7. The predicted molar refractivity (Wildman–Crippen MR) is 56.9 cm³/mol. The van der Waals surface area contributed by atoms with Crippen LogP contribution in [0.5, 0.6) is 0 Å². The molecule has 0 spiro atoms. The fourth-order valence-electron chi connectivity index (χ4n) is 1.71. The van der Waals surface area contributed by atoms with Gasteiger partial charge in [0.1, 0.15) is 0 Å². The molecule has 2 rings (SSSR count). The molecule has 0 radical (unpaired) electrons. The van der Waals surface area contributed by atoms with E-state index in [1.807, 2.05) is 19.1 Å². The molecule has 70 valence electrons. The molecule has 0 bridgehead atoms. The van der Waals surface area contributed by atoms with Crippen molar-refractivity contribution in [2.24, 2.45) is 0 Å². The van der Waals surface area contributed by atoms with Gasteiger partial charge in [0.2, 0.25) is 0 Å². The van der Waals surface area contributed by atoms with Gasteiger partial charge in [-0.2, -0.15) is 0 Å². The van der Waals surface area contributed by atoms with Crippen LogP contribution in [0, 0.1) is 6.92 Å². The van der Waals surface area contributed by atoms with Gasteiger partial charge in [0.25, 0.3) is 0 Å². The third-order valence-electron chi connectivity index (χ3n) is 2.51. The van der Waals surface area contributed by atoms with Crippen molar-refractivity contribution in [1.29, 1.82) is 0 Å². The second-order valence-electron chi connectivity index (χ2n) is 3.37. The number of nitrogens with one attached hydrogen (secondary N) is 1. The molecule has 13 heavy (non-hydrogen) atoms. The smallest absolute Gasteiger partial charge is 0.0826 e. The monoisotopic (exact) mass is 241 g/mol. The van der Waals surface area contributed by atoms with Gasteiger partial charge in [-0.3, -0.25) is 0 Å². The highest BCUT2D eigenvalue weighted by Gasteiger charge is 2.19. The van der Waals surface area contributed by atoms with E-state index in [-0.39, 0.29) is 6.10 Å². The summed E-state index contributed by atoms with van der Waals surface area (Å²) in [6.45, 7) is 2.90. The Labute approximate surface area is 86.1 Å². The van der Waals surface area contributed by atoms with Crippen molar-refractivity contribution in [2.45, 2.75) is 19.4 Å². The van der Waals surface area contributed by atoms with Crippen molar-refractivity contribution in [3.8, 4) is 0 Å². The van der Waals surface area contributed by atoms with Crippen LogP contribution in [0.15, 0.2) is 16.6 Å². The summed E-state index contributed by atoms with van der Waals surface area (Å²) in [6, 6.07) is 3.97. The maximum Gasteiger partial charge on any atom is 0.0826 e. The molecule has 3 heteroatoms. The summed E-state index contributed by atoms with van der Waals surface area (Å²) in [6.07, 6.45) is 0.497. The van der Waals surface area contributed by atoms with Crippen LogP contribution in [0.2, 0.25) is 0 Å². The number of halogens is 1. The molecule has 1 unspecified atom stereocenters. The van der Waals surface area contributed by atoms with E-state index in [0.717, 1.165) is 28.7 Å². The zero-order chi connectivity index (χ0) is 9.42. The van der Waals surface area contributed by atoms with E-state index in [0.29, 0.717) is 0 Å². The number of rotatable bonds is 0. The van der Waals surface area contributed by atoms with Crippen molar-refractivity contribution in [3.63, 3.8) is 0 Å². The van der Waals surface area contributed by atoms with Gasteiger partial charge in [0.15, 0.2) is 0 Å². The fourth-order valence-corrected chi connectivity index (χ4v) is 2.04. The first kappa shape index (κ1) is 9.03. The van der Waals surface area contributed by atoms with Gasteiger partial charge in [0, 0.05) is 22.3 Å². The van der Waals surface area contributed by atoms with Crippen LogP contribution in [0.3, 0.4) is 0 Å². The first-order valence-corrected chi connectivity index (χ1v) is 5.20. The summed E-state index contributed by atoms with van der Waals surface area (Å²) in [5.74, 6) is 0. The molecule has 0 aromatic heterocycles. The van der Waals surface area contributed by atoms with E-state index in [1.165, 1.54) is 5.56 Å². The fraction of sp³-hybridized carbons (Fsp3) is 0.400. The molecule has 0 fully saturated rings. The predicted octanol–water partition coefficient (Wildman–Crippen LogP) is 2.61. The molecule has 1 atom stereocenters. The van der Waals surface area contributed by atoms with E-state index in [1.54, 1.807) is 0 Å². The first-order valence-electron chi connectivity index (χ1n) is 4.41. The number of aliphatic hydroxyl groups is 1. The third kappa shape index (κ3) is 1.46. The molecule has 0 amide bonds. The van der Waals surface area contributed by atoms with Crippen LogP contribution in [0.1, 0.15) is 23.7 Å². The summed E-state index contributed by atoms with van der Waals surface area (Å²) < 4.78 is 1.09. The van der Waals surface area contributed by atoms with Crippen molar-refractivity contribution in [1.82, 2.24) is 0 Å². The standard InChI is InChI=1S/C10H12BrNO/c1-6-8(11)3-2-7-9(13)4-5-12-10(6)7/h2-3,9,12-13H,4-5H2,1H3. The Morgan fingerprint density at radius 3 is 3.08 bits per heavy atom. The largest absolute Gasteiger partial charge is 0.388 e. The Morgan fingerprint density at radius 2 is 2.31 bits per heavy atom. The Hall–Kier alpha value is -0.540. The Kier molecular flexibility index (Phi) is 2.30. The summed E-state index contributed by atoms with van der Waals surface area (Å²) in [4.78, 5) is 0. The maximum atomic E-state index is 9.72. The van der Waals surface area contributed by atoms with Crippen LogP contribution < -0.4 is 5.32 Å². The van der Waals surface area contributed by atoms with Crippen LogP contribution >= 0.6 is 15.9 Å². The first-order chi connectivity index (χ1) is 6.20. The summed E-state index contributed by atoms with van der Waals surface area (Å²) in [5, 5.41) is 13.0. The van der Waals surface area contributed by atoms with Crippen LogP contribution in [-0.2, 0) is 0 Å². The average Bonchev–Trinajstić information content (AvgIpc) is 2.12. The summed E-state index contributed by atoms with van der Waals surface area (Å²) >= 11 is 3.47. The molecule has 0 aliphatic carbocycles. The van der Waals surface area contributed by atoms with Crippen molar-refractivity contribution in [2.75, 3.05) is 11.9 Å². The second-order valence-corrected chi connectivity index (χ2v) is 4.22. The minimum absolute atomic E-state index is 0.303. The molecule has 1 aromatic rings. The molecule has 1 aliphatic rings. The van der Waals surface area contributed by atoms with Crippen LogP contribution in [0.25, 0.3) is 0 Å². The number of aliphatic hydroxyl groups excluding tert-OH is 1. The molecule has 1 aromatic carbocycles. The Bertz CT molecular complexity index is 338. The molecule has 1 aliphatic heterocycles. The van der Waals surface area contributed by atoms with Crippen molar-refractivity contribution < 1.29 is 5.11 Å². The van der Waals surface area contributed by atoms with Gasteiger partial charge in [-0.15, -0.1) is 0 Å². The van der Waals surface area contributed by atoms with Crippen LogP contribution in [-0.4, -0.2) is 11.7 Å². The van der Waals surface area contributed by atoms with Crippen molar-refractivity contribution >= 4 is 21.6 Å². The number of hydrogen-bond acceptors (Lipinski definition) is 2. The maximum absolute atomic E-state index is 9.72.